The molecule has 0 aromatic carbocycles. The molecule has 1 saturated heterocycles. The van der Waals surface area contributed by atoms with Crippen molar-refractivity contribution in [2.75, 3.05) is 32.7 Å². The van der Waals surface area contributed by atoms with Gasteiger partial charge in [-0.2, -0.15) is 5.10 Å². The lowest BCUT2D eigenvalue weighted by Gasteiger charge is -2.11. The van der Waals surface area contributed by atoms with Crippen molar-refractivity contribution in [1.29, 1.82) is 0 Å². The third-order valence-corrected chi connectivity index (χ3v) is 2.06. The largest absolute Gasteiger partial charge is 0.329 e. The van der Waals surface area contributed by atoms with Crippen molar-refractivity contribution >= 4 is 0 Å². The molecule has 2 aliphatic rings. The molecule has 1 fully saturated rings. The molecular weight excluding hydrogens is 232 g/mol. The number of hydrogen-bond donors (Lipinski definition) is 5. The van der Waals surface area contributed by atoms with Crippen LogP contribution in [0, 0.1) is 0 Å². The Balaban J connectivity index is 0.000000137. The number of aromatic nitrogens is 2. The van der Waals surface area contributed by atoms with E-state index in [2.05, 4.69) is 31.7 Å². The van der Waals surface area contributed by atoms with Gasteiger partial charge in [-0.3, -0.25) is 4.79 Å². The lowest BCUT2D eigenvalue weighted by atomic mass is 10.4. The molecule has 100 valence electrons. The predicted octanol–water partition coefficient (Wildman–Crippen LogP) is -1.44. The number of piperazine rings is 1. The molecule has 2 aliphatic heterocycles. The number of aromatic amines is 1. The third kappa shape index (κ3) is 8.45. The second-order valence-corrected chi connectivity index (χ2v) is 3.54. The van der Waals surface area contributed by atoms with Crippen LogP contribution in [0.25, 0.3) is 0 Å². The van der Waals surface area contributed by atoms with E-state index < -0.39 is 0 Å². The summed E-state index contributed by atoms with van der Waals surface area (Å²) < 4.78 is 0. The molecule has 0 radical (unpaired) electrons. The maximum Gasteiger partial charge on any atom is 0.264 e. The average Bonchev–Trinajstić information content (AvgIpc) is 3.01. The van der Waals surface area contributed by atoms with Crippen molar-refractivity contribution in [3.05, 3.63) is 41.0 Å². The van der Waals surface area contributed by atoms with E-state index in [0.29, 0.717) is 0 Å². The fourth-order valence-corrected chi connectivity index (χ4v) is 1.21. The highest BCUT2D eigenvalue weighted by molar-refractivity contribution is 4.85. The van der Waals surface area contributed by atoms with E-state index >= 15 is 0 Å². The first kappa shape index (κ1) is 14.4. The molecule has 5 N–H and O–H groups in total. The predicted molar refractivity (Wildman–Crippen MR) is 70.9 cm³/mol. The summed E-state index contributed by atoms with van der Waals surface area (Å²) >= 11 is 0. The van der Waals surface area contributed by atoms with Crippen LogP contribution >= 0.6 is 0 Å². The summed E-state index contributed by atoms with van der Waals surface area (Å²) in [4.78, 5) is 10.2. The maximum absolute atomic E-state index is 10.2. The van der Waals surface area contributed by atoms with Crippen molar-refractivity contribution in [2.45, 2.75) is 0 Å². The summed E-state index contributed by atoms with van der Waals surface area (Å²) in [6, 6.07) is 2.99. The monoisotopic (exact) mass is 252 g/mol. The Hall–Kier alpha value is -1.70. The number of nitrogens with zero attached hydrogens (tertiary/aromatic N) is 1. The summed E-state index contributed by atoms with van der Waals surface area (Å²) in [5.74, 6) is 0. The Labute approximate surface area is 106 Å². The van der Waals surface area contributed by atoms with Gasteiger partial charge in [-0.1, -0.05) is 6.08 Å². The molecule has 0 bridgehead atoms. The molecule has 0 saturated carbocycles. The van der Waals surface area contributed by atoms with Gasteiger partial charge in [-0.15, -0.1) is 0 Å². The molecule has 18 heavy (non-hydrogen) atoms. The van der Waals surface area contributed by atoms with Gasteiger partial charge in [0.1, 0.15) is 0 Å². The minimum atomic E-state index is -0.164. The summed E-state index contributed by atoms with van der Waals surface area (Å²) in [6.07, 6.45) is 5.40. The molecule has 1 aromatic heterocycles. The van der Waals surface area contributed by atoms with Crippen LogP contribution in [0.5, 0.6) is 0 Å². The van der Waals surface area contributed by atoms with Gasteiger partial charge in [0.05, 0.1) is 0 Å². The summed E-state index contributed by atoms with van der Waals surface area (Å²) in [6.45, 7) is 5.51. The Bertz CT molecular complexity index is 339. The number of rotatable bonds is 0. The Morgan fingerprint density at radius 3 is 2.06 bits per heavy atom. The molecule has 0 spiro atoms. The molecule has 3 rings (SSSR count). The van der Waals surface area contributed by atoms with Gasteiger partial charge in [0.25, 0.3) is 5.56 Å². The Morgan fingerprint density at radius 1 is 1.11 bits per heavy atom. The van der Waals surface area contributed by atoms with E-state index in [-0.39, 0.29) is 5.56 Å². The van der Waals surface area contributed by atoms with Crippen LogP contribution in [0.2, 0.25) is 0 Å². The molecule has 3 heterocycles. The van der Waals surface area contributed by atoms with Gasteiger partial charge in [-0.05, 0) is 6.07 Å². The van der Waals surface area contributed by atoms with Crippen molar-refractivity contribution in [3.8, 4) is 0 Å². The zero-order valence-corrected chi connectivity index (χ0v) is 10.3. The first-order valence-electron chi connectivity index (χ1n) is 5.94. The van der Waals surface area contributed by atoms with E-state index in [0.717, 1.165) is 32.7 Å². The molecule has 1 aromatic rings. The molecule has 0 amide bonds. The smallest absolute Gasteiger partial charge is 0.264 e. The Kier molecular flexibility index (Phi) is 8.34. The second kappa shape index (κ2) is 10.5. The van der Waals surface area contributed by atoms with Crippen molar-refractivity contribution in [3.63, 3.8) is 0 Å². The number of H-pyrrole nitrogens is 1. The molecule has 0 unspecified atom stereocenters. The maximum atomic E-state index is 10.2. The van der Waals surface area contributed by atoms with E-state index in [9.17, 15) is 4.79 Å². The molecule has 7 nitrogen and oxygen atoms in total. The lowest BCUT2D eigenvalue weighted by molar-refractivity contribution is 0.534. The summed E-state index contributed by atoms with van der Waals surface area (Å²) in [7, 11) is 0. The van der Waals surface area contributed by atoms with E-state index in [4.69, 9.17) is 0 Å². The van der Waals surface area contributed by atoms with Gasteiger partial charge in [-0.25, -0.2) is 10.5 Å². The quantitative estimate of drug-likeness (QED) is 0.388. The normalized spacial score (nSPS) is 16.7. The highest BCUT2D eigenvalue weighted by Gasteiger charge is 1.91. The van der Waals surface area contributed by atoms with Crippen LogP contribution < -0.4 is 27.0 Å². The van der Waals surface area contributed by atoms with Crippen LogP contribution in [-0.2, 0) is 0 Å². The highest BCUT2D eigenvalue weighted by atomic mass is 16.1. The minimum Gasteiger partial charge on any atom is -0.329 e. The van der Waals surface area contributed by atoms with E-state index in [1.165, 1.54) is 12.3 Å². The zero-order valence-electron chi connectivity index (χ0n) is 10.3. The van der Waals surface area contributed by atoms with E-state index in [1.807, 2.05) is 12.3 Å². The van der Waals surface area contributed by atoms with Gasteiger partial charge in [0, 0.05) is 51.2 Å². The van der Waals surface area contributed by atoms with Crippen molar-refractivity contribution in [2.24, 2.45) is 0 Å². The summed E-state index contributed by atoms with van der Waals surface area (Å²) in [5.41, 5.74) is 5.49. The van der Waals surface area contributed by atoms with Crippen molar-refractivity contribution < 1.29 is 0 Å². The van der Waals surface area contributed by atoms with Gasteiger partial charge < -0.3 is 16.1 Å². The second-order valence-electron chi connectivity index (χ2n) is 3.54. The SMILES string of the molecule is C1=CNNC1.C1CNCCN1.O=c1cccn[nH]1. The third-order valence-electron chi connectivity index (χ3n) is 2.06. The fourth-order valence-electron chi connectivity index (χ4n) is 1.21. The standard InChI is InChI=1S/C4H4N2O.C4H10N2.C3H6N2/c7-4-2-1-3-5-6-4;1-2-6-4-3-5-1;1-2-4-5-3-1/h1-3H,(H,6,7);5-6H,1-4H2;1-2,4-5H,3H2. The van der Waals surface area contributed by atoms with E-state index in [1.54, 1.807) is 6.07 Å². The number of hydrogen-bond acceptors (Lipinski definition) is 6. The number of nitrogens with one attached hydrogen (secondary N) is 5. The molecule has 0 aliphatic carbocycles. The minimum absolute atomic E-state index is 0.164. The topological polar surface area (TPSA) is 93.9 Å². The van der Waals surface area contributed by atoms with Crippen molar-refractivity contribution in [1.82, 2.24) is 31.7 Å². The average molecular weight is 252 g/mol. The van der Waals surface area contributed by atoms with Gasteiger partial charge in [0.2, 0.25) is 0 Å². The van der Waals surface area contributed by atoms with Gasteiger partial charge >= 0.3 is 0 Å². The first-order valence-corrected chi connectivity index (χ1v) is 5.94. The first-order chi connectivity index (χ1) is 8.89. The summed E-state index contributed by atoms with van der Waals surface area (Å²) in [5, 5.41) is 12.1. The number of hydrazine groups is 1. The Morgan fingerprint density at radius 2 is 1.83 bits per heavy atom. The highest BCUT2D eigenvalue weighted by Crippen LogP contribution is 1.67. The van der Waals surface area contributed by atoms with Crippen LogP contribution in [-0.4, -0.2) is 42.9 Å². The van der Waals surface area contributed by atoms with Crippen LogP contribution in [0.15, 0.2) is 35.4 Å². The lowest BCUT2D eigenvalue weighted by Crippen LogP contribution is -2.39. The van der Waals surface area contributed by atoms with Crippen LogP contribution in [0.1, 0.15) is 0 Å². The van der Waals surface area contributed by atoms with Gasteiger partial charge in [0.15, 0.2) is 0 Å². The van der Waals surface area contributed by atoms with Crippen LogP contribution in [0.4, 0.5) is 0 Å². The molecule has 0 atom stereocenters. The fraction of sp³-hybridized carbons (Fsp3) is 0.455. The molecule has 7 heteroatoms. The zero-order chi connectivity index (χ0) is 12.9. The van der Waals surface area contributed by atoms with Crippen LogP contribution in [0.3, 0.4) is 0 Å². The molecular formula is C11H20N6O.